The van der Waals surface area contributed by atoms with Gasteiger partial charge in [0.05, 0.1) is 36.9 Å². The molecule has 0 unspecified atom stereocenters. The molecule has 1 saturated heterocycles. The molecule has 1 fully saturated rings. The molecule has 4 rings (SSSR count). The first-order valence-corrected chi connectivity index (χ1v) is 8.80. The van der Waals surface area contributed by atoms with E-state index in [1.807, 2.05) is 65.2 Å². The number of benzene rings is 1. The van der Waals surface area contributed by atoms with E-state index in [2.05, 4.69) is 4.98 Å². The van der Waals surface area contributed by atoms with Gasteiger partial charge in [-0.25, -0.2) is 14.5 Å². The van der Waals surface area contributed by atoms with Crippen LogP contribution < -0.4 is 4.74 Å². The third kappa shape index (κ3) is 3.36. The van der Waals surface area contributed by atoms with Crippen molar-refractivity contribution in [3.05, 3.63) is 60.4 Å². The van der Waals surface area contributed by atoms with Gasteiger partial charge in [0.15, 0.2) is 0 Å². The van der Waals surface area contributed by atoms with E-state index in [1.54, 1.807) is 18.2 Å². The van der Waals surface area contributed by atoms with Gasteiger partial charge in [-0.2, -0.15) is 5.10 Å². The Kier molecular flexibility index (Phi) is 4.50. The fourth-order valence-corrected chi connectivity index (χ4v) is 3.18. The topological polar surface area (TPSA) is 63.5 Å². The molecule has 27 heavy (non-hydrogen) atoms. The number of hydrogen-bond donors (Lipinski definition) is 0. The highest BCUT2D eigenvalue weighted by atomic mass is 16.5. The Balaban J connectivity index is 1.72. The summed E-state index contributed by atoms with van der Waals surface area (Å²) in [5.41, 5.74) is 3.69. The number of amides is 2. The fraction of sp³-hybridized carbons (Fsp3) is 0.250. The lowest BCUT2D eigenvalue weighted by Gasteiger charge is -2.14. The van der Waals surface area contributed by atoms with E-state index in [0.717, 1.165) is 29.2 Å². The second kappa shape index (κ2) is 7.11. The van der Waals surface area contributed by atoms with Gasteiger partial charge in [0.25, 0.3) is 0 Å². The molecule has 1 aliphatic heterocycles. The van der Waals surface area contributed by atoms with Crippen molar-refractivity contribution in [3.8, 4) is 22.8 Å². The number of ether oxygens (including phenoxy) is 1. The van der Waals surface area contributed by atoms with E-state index >= 15 is 0 Å². The van der Waals surface area contributed by atoms with Crippen molar-refractivity contribution in [1.82, 2.24) is 24.6 Å². The Hall–Kier alpha value is -3.35. The van der Waals surface area contributed by atoms with Gasteiger partial charge in [0.2, 0.25) is 5.88 Å². The molecule has 2 amide bonds. The molecule has 0 atom stereocenters. The molecule has 2 aromatic heterocycles. The van der Waals surface area contributed by atoms with Gasteiger partial charge in [-0.15, -0.1) is 0 Å². The zero-order chi connectivity index (χ0) is 18.8. The molecule has 3 heterocycles. The van der Waals surface area contributed by atoms with Gasteiger partial charge < -0.3 is 14.5 Å². The number of methoxy groups -OCH3 is 1. The summed E-state index contributed by atoms with van der Waals surface area (Å²) in [6, 6.07) is 15.9. The third-order valence-corrected chi connectivity index (χ3v) is 4.66. The number of carbonyl (C=O) groups excluding carboxylic acids is 1. The van der Waals surface area contributed by atoms with Crippen LogP contribution in [0.15, 0.2) is 54.7 Å². The number of aromatic nitrogens is 3. The minimum atomic E-state index is 0.0388. The maximum absolute atomic E-state index is 12.2. The second-order valence-electron chi connectivity index (χ2n) is 6.48. The molecule has 138 valence electrons. The number of likely N-dealkylation sites (N-methyl/N-ethyl adjacent to an activating group) is 1. The smallest absolute Gasteiger partial charge is 0.320 e. The first kappa shape index (κ1) is 17.1. The molecule has 7 nitrogen and oxygen atoms in total. The van der Waals surface area contributed by atoms with Crippen molar-refractivity contribution < 1.29 is 9.53 Å². The van der Waals surface area contributed by atoms with E-state index in [-0.39, 0.29) is 6.03 Å². The highest BCUT2D eigenvalue weighted by Gasteiger charge is 2.26. The minimum Gasteiger partial charge on any atom is -0.481 e. The molecular formula is C20H21N5O2. The van der Waals surface area contributed by atoms with Crippen LogP contribution in [0, 0.1) is 0 Å². The van der Waals surface area contributed by atoms with Gasteiger partial charge >= 0.3 is 6.03 Å². The largest absolute Gasteiger partial charge is 0.481 e. The zero-order valence-corrected chi connectivity index (χ0v) is 15.4. The number of pyridine rings is 1. The molecule has 0 bridgehead atoms. The summed E-state index contributed by atoms with van der Waals surface area (Å²) in [6.45, 7) is 1.94. The van der Waals surface area contributed by atoms with Crippen molar-refractivity contribution >= 4 is 6.03 Å². The van der Waals surface area contributed by atoms with Crippen LogP contribution in [0.25, 0.3) is 16.9 Å². The minimum absolute atomic E-state index is 0.0388. The number of hydrogen-bond acceptors (Lipinski definition) is 4. The zero-order valence-electron chi connectivity index (χ0n) is 15.4. The van der Waals surface area contributed by atoms with E-state index in [9.17, 15) is 4.79 Å². The Morgan fingerprint density at radius 3 is 2.56 bits per heavy atom. The molecule has 1 aliphatic rings. The predicted octanol–water partition coefficient (Wildman–Crippen LogP) is 2.81. The van der Waals surface area contributed by atoms with Gasteiger partial charge in [-0.1, -0.05) is 30.3 Å². The molecule has 0 aliphatic carbocycles. The number of nitrogens with zero attached hydrogens (tertiary/aromatic N) is 5. The van der Waals surface area contributed by atoms with Crippen LogP contribution in [0.1, 0.15) is 5.69 Å². The van der Waals surface area contributed by atoms with E-state index < -0.39 is 0 Å². The maximum Gasteiger partial charge on any atom is 0.320 e. The Morgan fingerprint density at radius 2 is 1.93 bits per heavy atom. The van der Waals surface area contributed by atoms with Crippen LogP contribution in [0.5, 0.6) is 5.88 Å². The average molecular weight is 363 g/mol. The molecule has 0 radical (unpaired) electrons. The lowest BCUT2D eigenvalue weighted by Crippen LogP contribution is -2.29. The molecular weight excluding hydrogens is 342 g/mol. The molecule has 3 aromatic rings. The molecule has 0 spiro atoms. The molecule has 1 aromatic carbocycles. The van der Waals surface area contributed by atoms with Crippen molar-refractivity contribution in [2.24, 2.45) is 0 Å². The van der Waals surface area contributed by atoms with E-state index in [0.29, 0.717) is 19.0 Å². The summed E-state index contributed by atoms with van der Waals surface area (Å²) in [5, 5.41) is 4.76. The quantitative estimate of drug-likeness (QED) is 0.699. The fourth-order valence-electron chi connectivity index (χ4n) is 3.18. The van der Waals surface area contributed by atoms with Crippen molar-refractivity contribution in [1.29, 1.82) is 0 Å². The highest BCUT2D eigenvalue weighted by Crippen LogP contribution is 2.25. The number of urea groups is 1. The monoisotopic (exact) mass is 363 g/mol. The second-order valence-corrected chi connectivity index (χ2v) is 6.48. The SMILES string of the molecule is COc1ccc(-n2nc(CN3CCN(C)C3=O)cc2-c2ccccc2)cn1. The summed E-state index contributed by atoms with van der Waals surface area (Å²) in [5.74, 6) is 0.554. The summed E-state index contributed by atoms with van der Waals surface area (Å²) in [7, 11) is 3.41. The Labute approximate surface area is 157 Å². The highest BCUT2D eigenvalue weighted by molar-refractivity contribution is 5.76. The maximum atomic E-state index is 12.2. The van der Waals surface area contributed by atoms with Crippen molar-refractivity contribution in [2.75, 3.05) is 27.2 Å². The first-order chi connectivity index (χ1) is 13.2. The normalized spacial score (nSPS) is 14.1. The van der Waals surface area contributed by atoms with Crippen LogP contribution in [-0.2, 0) is 6.54 Å². The lowest BCUT2D eigenvalue weighted by atomic mass is 10.1. The standard InChI is InChI=1S/C20H21N5O2/c1-23-10-11-24(20(23)26)14-16-12-18(15-6-4-3-5-7-15)25(22-16)17-8-9-19(27-2)21-13-17/h3-9,12-13H,10-11,14H2,1-2H3. The summed E-state index contributed by atoms with van der Waals surface area (Å²) in [6.07, 6.45) is 1.73. The number of rotatable bonds is 5. The van der Waals surface area contributed by atoms with Gasteiger partial charge in [-0.05, 0) is 12.1 Å². The van der Waals surface area contributed by atoms with Gasteiger partial charge in [0, 0.05) is 31.8 Å². The molecule has 0 N–H and O–H groups in total. The summed E-state index contributed by atoms with van der Waals surface area (Å²) < 4.78 is 7.01. The Bertz CT molecular complexity index is 937. The van der Waals surface area contributed by atoms with Gasteiger partial charge in [-0.3, -0.25) is 0 Å². The molecule has 7 heteroatoms. The molecule has 0 saturated carbocycles. The first-order valence-electron chi connectivity index (χ1n) is 8.80. The summed E-state index contributed by atoms with van der Waals surface area (Å²) in [4.78, 5) is 20.0. The average Bonchev–Trinajstić information content (AvgIpc) is 3.28. The lowest BCUT2D eigenvalue weighted by molar-refractivity contribution is 0.196. The third-order valence-electron chi connectivity index (χ3n) is 4.66. The van der Waals surface area contributed by atoms with Crippen LogP contribution >= 0.6 is 0 Å². The van der Waals surface area contributed by atoms with E-state index in [1.165, 1.54) is 0 Å². The van der Waals surface area contributed by atoms with Crippen LogP contribution in [0.3, 0.4) is 0 Å². The van der Waals surface area contributed by atoms with Gasteiger partial charge in [0.1, 0.15) is 0 Å². The van der Waals surface area contributed by atoms with Crippen molar-refractivity contribution in [3.63, 3.8) is 0 Å². The predicted molar refractivity (Wildman–Crippen MR) is 102 cm³/mol. The van der Waals surface area contributed by atoms with E-state index in [4.69, 9.17) is 9.84 Å². The summed E-state index contributed by atoms with van der Waals surface area (Å²) >= 11 is 0. The van der Waals surface area contributed by atoms with Crippen LogP contribution in [0.2, 0.25) is 0 Å². The van der Waals surface area contributed by atoms with Crippen LogP contribution in [-0.4, -0.2) is 57.8 Å². The van der Waals surface area contributed by atoms with Crippen molar-refractivity contribution in [2.45, 2.75) is 6.54 Å². The van der Waals surface area contributed by atoms with Crippen LogP contribution in [0.4, 0.5) is 4.79 Å². The number of carbonyl (C=O) groups is 1. The Morgan fingerprint density at radius 1 is 1.11 bits per heavy atom.